The summed E-state index contributed by atoms with van der Waals surface area (Å²) in [4.78, 5) is 12.7. The molecule has 0 fully saturated rings. The number of amides is 1. The second kappa shape index (κ2) is 9.66. The number of anilines is 1. The van der Waals surface area contributed by atoms with Crippen LogP contribution in [0.25, 0.3) is 0 Å². The summed E-state index contributed by atoms with van der Waals surface area (Å²) in [5, 5.41) is 2.87. The lowest BCUT2D eigenvalue weighted by Gasteiger charge is -2.19. The van der Waals surface area contributed by atoms with Crippen molar-refractivity contribution in [2.45, 2.75) is 31.4 Å². The minimum absolute atomic E-state index is 0.0761. The molecule has 0 radical (unpaired) electrons. The molecule has 3 aromatic rings. The van der Waals surface area contributed by atoms with E-state index in [9.17, 15) is 13.2 Å². The Morgan fingerprint density at radius 2 is 1.65 bits per heavy atom. The average molecular weight is 439 g/mol. The van der Waals surface area contributed by atoms with E-state index in [1.54, 1.807) is 54.6 Å². The quantitative estimate of drug-likeness (QED) is 0.571. The van der Waals surface area contributed by atoms with Crippen LogP contribution in [0.1, 0.15) is 29.8 Å². The van der Waals surface area contributed by atoms with Crippen LogP contribution >= 0.6 is 0 Å². The Kier molecular flexibility index (Phi) is 6.97. The largest absolute Gasteiger partial charge is 0.491 e. The molecule has 3 aromatic carbocycles. The van der Waals surface area contributed by atoms with Crippen LogP contribution in [0.5, 0.6) is 5.75 Å². The minimum Gasteiger partial charge on any atom is -0.491 e. The van der Waals surface area contributed by atoms with E-state index in [1.807, 2.05) is 38.1 Å². The van der Waals surface area contributed by atoms with Gasteiger partial charge in [0, 0.05) is 19.2 Å². The Labute approximate surface area is 183 Å². The van der Waals surface area contributed by atoms with E-state index in [-0.39, 0.29) is 16.9 Å². The van der Waals surface area contributed by atoms with Gasteiger partial charge in [0.2, 0.25) is 0 Å². The Balaban J connectivity index is 1.65. The number of rotatable bonds is 8. The SMILES string of the molecule is CC(C)Oc1cccc(CNC(=O)c2ccc(N(C)S(=O)(=O)c3ccccc3)cc2)c1. The highest BCUT2D eigenvalue weighted by atomic mass is 32.2. The molecular formula is C24H26N2O4S. The highest BCUT2D eigenvalue weighted by molar-refractivity contribution is 7.92. The molecule has 0 unspecified atom stereocenters. The summed E-state index contributed by atoms with van der Waals surface area (Å²) in [7, 11) is -2.17. The first kappa shape index (κ1) is 22.4. The van der Waals surface area contributed by atoms with Crippen LogP contribution in [0, 0.1) is 0 Å². The molecule has 6 nitrogen and oxygen atoms in total. The van der Waals surface area contributed by atoms with Gasteiger partial charge in [-0.15, -0.1) is 0 Å². The number of sulfonamides is 1. The number of ether oxygens (including phenoxy) is 1. The van der Waals surface area contributed by atoms with Crippen LogP contribution in [-0.2, 0) is 16.6 Å². The van der Waals surface area contributed by atoms with Gasteiger partial charge in [0.15, 0.2) is 0 Å². The van der Waals surface area contributed by atoms with E-state index in [1.165, 1.54) is 11.4 Å². The first-order valence-corrected chi connectivity index (χ1v) is 11.4. The Hall–Kier alpha value is -3.32. The molecule has 162 valence electrons. The lowest BCUT2D eigenvalue weighted by molar-refractivity contribution is 0.0951. The molecular weight excluding hydrogens is 412 g/mol. The van der Waals surface area contributed by atoms with Crippen molar-refractivity contribution in [1.29, 1.82) is 0 Å². The molecule has 0 heterocycles. The summed E-state index contributed by atoms with van der Waals surface area (Å²) in [5.74, 6) is 0.518. The highest BCUT2D eigenvalue weighted by Crippen LogP contribution is 2.22. The van der Waals surface area contributed by atoms with Crippen LogP contribution in [-0.4, -0.2) is 27.5 Å². The van der Waals surface area contributed by atoms with E-state index >= 15 is 0 Å². The van der Waals surface area contributed by atoms with Crippen LogP contribution in [0.15, 0.2) is 83.8 Å². The Morgan fingerprint density at radius 3 is 2.29 bits per heavy atom. The fourth-order valence-electron chi connectivity index (χ4n) is 3.00. The van der Waals surface area contributed by atoms with Crippen molar-refractivity contribution in [3.63, 3.8) is 0 Å². The zero-order valence-corrected chi connectivity index (χ0v) is 18.6. The topological polar surface area (TPSA) is 75.7 Å². The molecule has 7 heteroatoms. The van der Waals surface area contributed by atoms with Crippen molar-refractivity contribution in [3.8, 4) is 5.75 Å². The summed E-state index contributed by atoms with van der Waals surface area (Å²) in [6, 6.07) is 22.3. The van der Waals surface area contributed by atoms with E-state index in [4.69, 9.17) is 4.74 Å². The summed E-state index contributed by atoms with van der Waals surface area (Å²) in [6.07, 6.45) is 0.0761. The van der Waals surface area contributed by atoms with Gasteiger partial charge in [0.1, 0.15) is 5.75 Å². The van der Waals surface area contributed by atoms with Gasteiger partial charge >= 0.3 is 0 Å². The summed E-state index contributed by atoms with van der Waals surface area (Å²) < 4.78 is 32.4. The second-order valence-electron chi connectivity index (χ2n) is 7.33. The summed E-state index contributed by atoms with van der Waals surface area (Å²) in [5.41, 5.74) is 1.85. The van der Waals surface area contributed by atoms with Crippen molar-refractivity contribution in [2.24, 2.45) is 0 Å². The zero-order valence-electron chi connectivity index (χ0n) is 17.8. The van der Waals surface area contributed by atoms with Gasteiger partial charge in [-0.25, -0.2) is 8.42 Å². The first-order chi connectivity index (χ1) is 14.8. The molecule has 0 saturated carbocycles. The van der Waals surface area contributed by atoms with Crippen molar-refractivity contribution >= 4 is 21.6 Å². The molecule has 0 aliphatic rings. The smallest absolute Gasteiger partial charge is 0.264 e. The van der Waals surface area contributed by atoms with Gasteiger partial charge in [-0.2, -0.15) is 0 Å². The predicted octanol–water partition coefficient (Wildman–Crippen LogP) is 4.23. The third-order valence-electron chi connectivity index (χ3n) is 4.62. The molecule has 0 aliphatic heterocycles. The van der Waals surface area contributed by atoms with Gasteiger partial charge in [0.25, 0.3) is 15.9 Å². The molecule has 0 aromatic heterocycles. The molecule has 1 N–H and O–H groups in total. The van der Waals surface area contributed by atoms with Crippen molar-refractivity contribution in [2.75, 3.05) is 11.4 Å². The van der Waals surface area contributed by atoms with E-state index in [2.05, 4.69) is 5.32 Å². The number of hydrogen-bond acceptors (Lipinski definition) is 4. The first-order valence-electron chi connectivity index (χ1n) is 9.95. The lowest BCUT2D eigenvalue weighted by atomic mass is 10.1. The van der Waals surface area contributed by atoms with Crippen molar-refractivity contribution in [1.82, 2.24) is 5.32 Å². The maximum Gasteiger partial charge on any atom is 0.264 e. The number of carbonyl (C=O) groups excluding carboxylic acids is 1. The lowest BCUT2D eigenvalue weighted by Crippen LogP contribution is -2.27. The average Bonchev–Trinajstić information content (AvgIpc) is 2.77. The van der Waals surface area contributed by atoms with Gasteiger partial charge in [-0.3, -0.25) is 9.10 Å². The third kappa shape index (κ3) is 5.64. The number of carbonyl (C=O) groups is 1. The molecule has 0 bridgehead atoms. The fraction of sp³-hybridized carbons (Fsp3) is 0.208. The predicted molar refractivity (Wildman–Crippen MR) is 122 cm³/mol. The molecule has 3 rings (SSSR count). The van der Waals surface area contributed by atoms with Crippen LogP contribution < -0.4 is 14.4 Å². The van der Waals surface area contributed by atoms with Gasteiger partial charge in [0.05, 0.1) is 16.7 Å². The molecule has 0 saturated heterocycles. The van der Waals surface area contributed by atoms with Crippen molar-refractivity contribution in [3.05, 3.63) is 90.0 Å². The number of nitrogens with one attached hydrogen (secondary N) is 1. The Bertz CT molecular complexity index is 1130. The zero-order chi connectivity index (χ0) is 22.4. The van der Waals surface area contributed by atoms with Gasteiger partial charge < -0.3 is 10.1 Å². The molecule has 0 aliphatic carbocycles. The van der Waals surface area contributed by atoms with Crippen LogP contribution in [0.4, 0.5) is 5.69 Å². The monoisotopic (exact) mass is 438 g/mol. The standard InChI is InChI=1S/C24H26N2O4S/c1-18(2)30-22-9-7-8-19(16-22)17-25-24(27)20-12-14-21(15-13-20)26(3)31(28,29)23-10-5-4-6-11-23/h4-16,18H,17H2,1-3H3,(H,25,27). The normalized spacial score (nSPS) is 11.2. The molecule has 1 amide bonds. The summed E-state index contributed by atoms with van der Waals surface area (Å²) in [6.45, 7) is 4.28. The third-order valence-corrected chi connectivity index (χ3v) is 6.42. The van der Waals surface area contributed by atoms with Crippen molar-refractivity contribution < 1.29 is 17.9 Å². The summed E-state index contributed by atoms with van der Waals surface area (Å²) >= 11 is 0. The fourth-order valence-corrected chi connectivity index (χ4v) is 4.21. The highest BCUT2D eigenvalue weighted by Gasteiger charge is 2.21. The number of nitrogens with zero attached hydrogens (tertiary/aromatic N) is 1. The molecule has 0 atom stereocenters. The number of benzene rings is 3. The minimum atomic E-state index is -3.66. The maximum atomic E-state index is 12.7. The van der Waals surface area contributed by atoms with Gasteiger partial charge in [-0.1, -0.05) is 30.3 Å². The van der Waals surface area contributed by atoms with E-state index < -0.39 is 10.0 Å². The Morgan fingerprint density at radius 1 is 0.968 bits per heavy atom. The second-order valence-corrected chi connectivity index (χ2v) is 9.30. The molecule has 0 spiro atoms. The van der Waals surface area contributed by atoms with Gasteiger partial charge in [-0.05, 0) is 67.9 Å². The maximum absolute atomic E-state index is 12.7. The number of hydrogen-bond donors (Lipinski definition) is 1. The molecule has 31 heavy (non-hydrogen) atoms. The van der Waals surface area contributed by atoms with Crippen LogP contribution in [0.3, 0.4) is 0 Å². The van der Waals surface area contributed by atoms with E-state index in [0.717, 1.165) is 11.3 Å². The van der Waals surface area contributed by atoms with Crippen LogP contribution in [0.2, 0.25) is 0 Å². The van der Waals surface area contributed by atoms with E-state index in [0.29, 0.717) is 17.8 Å².